The van der Waals surface area contributed by atoms with Crippen LogP contribution in [-0.2, 0) is 22.7 Å². The summed E-state index contributed by atoms with van der Waals surface area (Å²) in [5.74, 6) is -2.29. The highest BCUT2D eigenvalue weighted by Gasteiger charge is 2.35. The average Bonchev–Trinajstić information content (AvgIpc) is 2.52. The smallest absolute Gasteiger partial charge is 0.406 e. The molecule has 12 heteroatoms. The van der Waals surface area contributed by atoms with Crippen molar-refractivity contribution < 1.29 is 43.9 Å². The molecule has 0 radical (unpaired) electrons. The molecule has 2 aromatic carbocycles. The number of hydrogen-bond acceptors (Lipinski definition) is 3. The lowest BCUT2D eigenvalue weighted by Gasteiger charge is -2.12. The number of nitrogens with one attached hydrogen (secondary N) is 1. The summed E-state index contributed by atoms with van der Waals surface area (Å²) in [6, 6.07) is 5.47. The van der Waals surface area contributed by atoms with Crippen molar-refractivity contribution in [2.24, 2.45) is 0 Å². The molecule has 0 bridgehead atoms. The molecule has 0 amide bonds. The Kier molecular flexibility index (Phi) is 5.71. The van der Waals surface area contributed by atoms with Gasteiger partial charge in [0.1, 0.15) is 11.6 Å². The SMILES string of the molecule is O=S(=O)(NCc1cccc(C(F)(F)F)c1F)c1ccc(OC(F)(F)F)cc1. The van der Waals surface area contributed by atoms with Gasteiger partial charge in [0, 0.05) is 12.1 Å². The van der Waals surface area contributed by atoms with Crippen molar-refractivity contribution in [1.29, 1.82) is 0 Å². The third-order valence-corrected chi connectivity index (χ3v) is 4.62. The van der Waals surface area contributed by atoms with Crippen LogP contribution in [0.25, 0.3) is 0 Å². The summed E-state index contributed by atoms with van der Waals surface area (Å²) < 4.78 is 118. The van der Waals surface area contributed by atoms with E-state index in [4.69, 9.17) is 0 Å². The second-order valence-electron chi connectivity index (χ2n) is 5.12. The zero-order valence-electron chi connectivity index (χ0n) is 13.0. The van der Waals surface area contributed by atoms with Gasteiger partial charge in [-0.1, -0.05) is 12.1 Å². The lowest BCUT2D eigenvalue weighted by Crippen LogP contribution is -2.24. The Morgan fingerprint density at radius 2 is 1.52 bits per heavy atom. The molecule has 0 atom stereocenters. The van der Waals surface area contributed by atoms with Crippen molar-refractivity contribution in [3.63, 3.8) is 0 Å². The number of sulfonamides is 1. The van der Waals surface area contributed by atoms with Crippen LogP contribution < -0.4 is 9.46 Å². The van der Waals surface area contributed by atoms with E-state index in [0.717, 1.165) is 36.4 Å². The molecule has 0 unspecified atom stereocenters. The maximum atomic E-state index is 13.9. The fourth-order valence-electron chi connectivity index (χ4n) is 2.01. The molecule has 0 aromatic heterocycles. The summed E-state index contributed by atoms with van der Waals surface area (Å²) in [6.07, 6.45) is -9.91. The number of hydrogen-bond donors (Lipinski definition) is 1. The second kappa shape index (κ2) is 7.35. The van der Waals surface area contributed by atoms with Crippen LogP contribution in [-0.4, -0.2) is 14.8 Å². The Morgan fingerprint density at radius 3 is 2.04 bits per heavy atom. The third kappa shape index (κ3) is 5.57. The molecule has 4 nitrogen and oxygen atoms in total. The Bertz CT molecular complexity index is 906. The van der Waals surface area contributed by atoms with Crippen LogP contribution in [0.5, 0.6) is 5.75 Å². The van der Waals surface area contributed by atoms with E-state index < -0.39 is 56.7 Å². The van der Waals surface area contributed by atoms with Gasteiger partial charge in [-0.25, -0.2) is 17.5 Å². The van der Waals surface area contributed by atoms with Gasteiger partial charge in [-0.05, 0) is 30.3 Å². The molecule has 0 aliphatic carbocycles. The summed E-state index contributed by atoms with van der Waals surface area (Å²) in [5.41, 5.74) is -2.10. The summed E-state index contributed by atoms with van der Waals surface area (Å²) in [6.45, 7) is -0.793. The number of rotatable bonds is 5. The van der Waals surface area contributed by atoms with E-state index >= 15 is 0 Å². The van der Waals surface area contributed by atoms with Crippen LogP contribution in [0.2, 0.25) is 0 Å². The number of ether oxygens (including phenoxy) is 1. The minimum absolute atomic E-state index is 0.482. The molecular weight excluding hydrogens is 407 g/mol. The summed E-state index contributed by atoms with van der Waals surface area (Å²) in [4.78, 5) is -0.482. The standard InChI is InChI=1S/C15H10F7NO3S/c16-13-9(2-1-3-12(13)14(17,18)19)8-23-27(24,25)11-6-4-10(5-7-11)26-15(20,21)22/h1-7,23H,8H2. The quantitative estimate of drug-likeness (QED) is 0.742. The van der Waals surface area contributed by atoms with E-state index in [1.807, 2.05) is 4.72 Å². The van der Waals surface area contributed by atoms with Crippen molar-refractivity contribution in [2.75, 3.05) is 0 Å². The lowest BCUT2D eigenvalue weighted by molar-refractivity contribution is -0.274. The van der Waals surface area contributed by atoms with Crippen LogP contribution in [0.1, 0.15) is 11.1 Å². The summed E-state index contributed by atoms with van der Waals surface area (Å²) >= 11 is 0. The number of alkyl halides is 6. The highest BCUT2D eigenvalue weighted by atomic mass is 32.2. The van der Waals surface area contributed by atoms with E-state index in [2.05, 4.69) is 4.74 Å². The average molecular weight is 417 g/mol. The van der Waals surface area contributed by atoms with Crippen molar-refractivity contribution in [3.8, 4) is 5.75 Å². The molecule has 0 saturated heterocycles. The summed E-state index contributed by atoms with van der Waals surface area (Å²) in [5, 5.41) is 0. The number of halogens is 7. The van der Waals surface area contributed by atoms with Gasteiger partial charge in [0.25, 0.3) is 0 Å². The van der Waals surface area contributed by atoms with Gasteiger partial charge in [-0.15, -0.1) is 13.2 Å². The molecule has 0 fully saturated rings. The van der Waals surface area contributed by atoms with Gasteiger partial charge < -0.3 is 4.74 Å². The van der Waals surface area contributed by atoms with Crippen LogP contribution in [0, 0.1) is 5.82 Å². The fourth-order valence-corrected chi connectivity index (χ4v) is 3.02. The van der Waals surface area contributed by atoms with Gasteiger partial charge in [0.2, 0.25) is 10.0 Å². The van der Waals surface area contributed by atoms with Crippen molar-refractivity contribution in [3.05, 3.63) is 59.4 Å². The first-order chi connectivity index (χ1) is 12.3. The van der Waals surface area contributed by atoms with Gasteiger partial charge in [-0.2, -0.15) is 13.2 Å². The van der Waals surface area contributed by atoms with Crippen LogP contribution >= 0.6 is 0 Å². The first kappa shape index (κ1) is 21.0. The van der Waals surface area contributed by atoms with E-state index in [-0.39, 0.29) is 0 Å². The van der Waals surface area contributed by atoms with Crippen molar-refractivity contribution in [2.45, 2.75) is 24.0 Å². The monoisotopic (exact) mass is 417 g/mol. The second-order valence-corrected chi connectivity index (χ2v) is 6.89. The minimum Gasteiger partial charge on any atom is -0.406 e. The first-order valence-corrected chi connectivity index (χ1v) is 8.48. The van der Waals surface area contributed by atoms with Gasteiger partial charge in [0.15, 0.2) is 0 Å². The van der Waals surface area contributed by atoms with Gasteiger partial charge in [-0.3, -0.25) is 0 Å². The highest BCUT2D eigenvalue weighted by Crippen LogP contribution is 2.32. The zero-order chi connectivity index (χ0) is 20.5. The highest BCUT2D eigenvalue weighted by molar-refractivity contribution is 7.89. The molecule has 0 aliphatic rings. The fraction of sp³-hybridized carbons (Fsp3) is 0.200. The molecule has 2 aromatic rings. The first-order valence-electron chi connectivity index (χ1n) is 7.00. The Labute approximate surface area is 148 Å². The predicted molar refractivity (Wildman–Crippen MR) is 78.6 cm³/mol. The Balaban J connectivity index is 2.16. The van der Waals surface area contributed by atoms with Gasteiger partial charge >= 0.3 is 12.5 Å². The molecule has 27 heavy (non-hydrogen) atoms. The molecular formula is C15H10F7NO3S. The van der Waals surface area contributed by atoms with E-state index in [1.54, 1.807) is 0 Å². The molecule has 0 spiro atoms. The van der Waals surface area contributed by atoms with Gasteiger partial charge in [0.05, 0.1) is 10.5 Å². The minimum atomic E-state index is -4.96. The Hall–Kier alpha value is -2.34. The summed E-state index contributed by atoms with van der Waals surface area (Å²) in [7, 11) is -4.32. The third-order valence-electron chi connectivity index (χ3n) is 3.20. The zero-order valence-corrected chi connectivity index (χ0v) is 13.8. The van der Waals surface area contributed by atoms with Crippen molar-refractivity contribution in [1.82, 2.24) is 4.72 Å². The van der Waals surface area contributed by atoms with Crippen LogP contribution in [0.4, 0.5) is 30.7 Å². The lowest BCUT2D eigenvalue weighted by atomic mass is 10.1. The molecule has 0 heterocycles. The predicted octanol–water partition coefficient (Wildman–Crippen LogP) is 4.22. The van der Waals surface area contributed by atoms with E-state index in [0.29, 0.717) is 6.07 Å². The normalized spacial score (nSPS) is 12.9. The maximum Gasteiger partial charge on any atom is 0.573 e. The molecule has 148 valence electrons. The molecule has 1 N–H and O–H groups in total. The molecule has 2 rings (SSSR count). The maximum absolute atomic E-state index is 13.9. The van der Waals surface area contributed by atoms with E-state index in [9.17, 15) is 39.2 Å². The topological polar surface area (TPSA) is 55.4 Å². The van der Waals surface area contributed by atoms with E-state index in [1.165, 1.54) is 0 Å². The number of benzene rings is 2. The Morgan fingerprint density at radius 1 is 0.926 bits per heavy atom. The van der Waals surface area contributed by atoms with Crippen LogP contribution in [0.3, 0.4) is 0 Å². The van der Waals surface area contributed by atoms with Crippen molar-refractivity contribution >= 4 is 10.0 Å². The van der Waals surface area contributed by atoms with Crippen LogP contribution in [0.15, 0.2) is 47.4 Å². The molecule has 0 saturated carbocycles. The molecule has 0 aliphatic heterocycles. The largest absolute Gasteiger partial charge is 0.573 e.